The summed E-state index contributed by atoms with van der Waals surface area (Å²) in [6, 6.07) is 8.80. The Morgan fingerprint density at radius 2 is 1.94 bits per heavy atom. The normalized spacial score (nSPS) is 17.8. The molecule has 17 heavy (non-hydrogen) atoms. The average Bonchev–Trinajstić information content (AvgIpc) is 2.28. The van der Waals surface area contributed by atoms with Crippen molar-refractivity contribution in [1.82, 2.24) is 5.32 Å². The zero-order chi connectivity index (χ0) is 12.1. The third kappa shape index (κ3) is 3.10. The van der Waals surface area contributed by atoms with Crippen LogP contribution < -0.4 is 5.32 Å². The molecular formula is C16H25N. The van der Waals surface area contributed by atoms with Crippen LogP contribution in [0.5, 0.6) is 0 Å². The van der Waals surface area contributed by atoms with Gasteiger partial charge in [-0.15, -0.1) is 0 Å². The van der Waals surface area contributed by atoms with Gasteiger partial charge >= 0.3 is 0 Å². The predicted molar refractivity (Wildman–Crippen MR) is 74.3 cm³/mol. The van der Waals surface area contributed by atoms with Crippen molar-refractivity contribution in [3.63, 3.8) is 0 Å². The standard InChI is InChI=1S/C16H25N/c1-3-10-16(12-17-13-16)11-6-9-15-8-5-4-7-14(15)2/h4-5,7-8,17H,3,6,9-13H2,1-2H3. The quantitative estimate of drug-likeness (QED) is 0.787. The van der Waals surface area contributed by atoms with Gasteiger partial charge in [-0.05, 0) is 49.1 Å². The van der Waals surface area contributed by atoms with E-state index in [-0.39, 0.29) is 0 Å². The van der Waals surface area contributed by atoms with E-state index in [1.54, 1.807) is 0 Å². The Bertz CT molecular complexity index is 352. The van der Waals surface area contributed by atoms with E-state index >= 15 is 0 Å². The van der Waals surface area contributed by atoms with Gasteiger partial charge in [0.2, 0.25) is 0 Å². The molecule has 1 aliphatic rings. The second-order valence-electron chi connectivity index (χ2n) is 5.63. The van der Waals surface area contributed by atoms with Gasteiger partial charge in [-0.1, -0.05) is 37.6 Å². The van der Waals surface area contributed by atoms with E-state index in [9.17, 15) is 0 Å². The molecule has 0 atom stereocenters. The molecule has 0 bridgehead atoms. The van der Waals surface area contributed by atoms with Gasteiger partial charge in [-0.3, -0.25) is 0 Å². The van der Waals surface area contributed by atoms with Crippen molar-refractivity contribution in [2.75, 3.05) is 13.1 Å². The summed E-state index contributed by atoms with van der Waals surface area (Å²) >= 11 is 0. The first kappa shape index (κ1) is 12.6. The lowest BCUT2D eigenvalue weighted by atomic mass is 9.73. The van der Waals surface area contributed by atoms with Crippen molar-refractivity contribution < 1.29 is 0 Å². The third-order valence-corrected chi connectivity index (χ3v) is 4.19. The van der Waals surface area contributed by atoms with E-state index < -0.39 is 0 Å². The minimum atomic E-state index is 0.636. The SMILES string of the molecule is CCCC1(CCCc2ccccc2C)CNC1. The molecule has 0 aliphatic carbocycles. The van der Waals surface area contributed by atoms with Gasteiger partial charge in [0.05, 0.1) is 0 Å². The fourth-order valence-electron chi connectivity index (χ4n) is 3.03. The summed E-state index contributed by atoms with van der Waals surface area (Å²) in [5, 5.41) is 3.45. The van der Waals surface area contributed by atoms with Crippen molar-refractivity contribution in [1.29, 1.82) is 0 Å². The third-order valence-electron chi connectivity index (χ3n) is 4.19. The molecule has 1 heteroatoms. The maximum absolute atomic E-state index is 3.45. The van der Waals surface area contributed by atoms with E-state index in [0.717, 1.165) is 0 Å². The molecular weight excluding hydrogens is 206 g/mol. The second kappa shape index (κ2) is 5.68. The zero-order valence-electron chi connectivity index (χ0n) is 11.3. The summed E-state index contributed by atoms with van der Waals surface area (Å²) in [6.45, 7) is 7.02. The number of hydrogen-bond donors (Lipinski definition) is 1. The molecule has 0 saturated carbocycles. The Hall–Kier alpha value is -0.820. The topological polar surface area (TPSA) is 12.0 Å². The molecule has 0 aromatic heterocycles. The van der Waals surface area contributed by atoms with Crippen LogP contribution in [0.2, 0.25) is 0 Å². The first-order chi connectivity index (χ1) is 8.26. The second-order valence-corrected chi connectivity index (χ2v) is 5.63. The van der Waals surface area contributed by atoms with Gasteiger partial charge in [0.15, 0.2) is 0 Å². The Labute approximate surface area is 106 Å². The van der Waals surface area contributed by atoms with Crippen LogP contribution in [0.15, 0.2) is 24.3 Å². The molecule has 94 valence electrons. The molecule has 1 N–H and O–H groups in total. The van der Waals surface area contributed by atoms with Crippen molar-refractivity contribution in [2.24, 2.45) is 5.41 Å². The van der Waals surface area contributed by atoms with Crippen LogP contribution in [0.3, 0.4) is 0 Å². The maximum Gasteiger partial charge on any atom is 0.00202 e. The van der Waals surface area contributed by atoms with Crippen molar-refractivity contribution >= 4 is 0 Å². The summed E-state index contributed by atoms with van der Waals surface area (Å²) in [7, 11) is 0. The fraction of sp³-hybridized carbons (Fsp3) is 0.625. The molecule has 0 radical (unpaired) electrons. The number of rotatable bonds is 6. The van der Waals surface area contributed by atoms with Crippen LogP contribution in [0, 0.1) is 12.3 Å². The van der Waals surface area contributed by atoms with Crippen molar-refractivity contribution in [3.05, 3.63) is 35.4 Å². The highest BCUT2D eigenvalue weighted by Gasteiger charge is 2.34. The van der Waals surface area contributed by atoms with Crippen LogP contribution >= 0.6 is 0 Å². The van der Waals surface area contributed by atoms with E-state index in [1.165, 1.54) is 56.3 Å². The van der Waals surface area contributed by atoms with Crippen LogP contribution in [0.4, 0.5) is 0 Å². The van der Waals surface area contributed by atoms with E-state index in [4.69, 9.17) is 0 Å². The van der Waals surface area contributed by atoms with Crippen molar-refractivity contribution in [3.8, 4) is 0 Å². The van der Waals surface area contributed by atoms with E-state index in [2.05, 4.69) is 43.4 Å². The molecule has 1 fully saturated rings. The predicted octanol–water partition coefficient (Wildman–Crippen LogP) is 3.71. The number of hydrogen-bond acceptors (Lipinski definition) is 1. The van der Waals surface area contributed by atoms with Gasteiger partial charge in [0.1, 0.15) is 0 Å². The molecule has 0 amide bonds. The number of benzene rings is 1. The van der Waals surface area contributed by atoms with Crippen molar-refractivity contribution in [2.45, 2.75) is 46.0 Å². The summed E-state index contributed by atoms with van der Waals surface area (Å²) < 4.78 is 0. The summed E-state index contributed by atoms with van der Waals surface area (Å²) in [6.07, 6.45) is 6.70. The smallest absolute Gasteiger partial charge is 0.00202 e. The highest BCUT2D eigenvalue weighted by molar-refractivity contribution is 5.25. The lowest BCUT2D eigenvalue weighted by Gasteiger charge is -2.43. The Morgan fingerprint density at radius 1 is 1.18 bits per heavy atom. The minimum absolute atomic E-state index is 0.636. The Balaban J connectivity index is 1.81. The van der Waals surface area contributed by atoms with Gasteiger partial charge in [-0.25, -0.2) is 0 Å². The molecule has 1 saturated heterocycles. The maximum atomic E-state index is 3.45. The number of nitrogens with one attached hydrogen (secondary N) is 1. The van der Waals surface area contributed by atoms with Gasteiger partial charge < -0.3 is 5.32 Å². The molecule has 1 aliphatic heterocycles. The molecule has 1 nitrogen and oxygen atoms in total. The fourth-order valence-corrected chi connectivity index (χ4v) is 3.03. The minimum Gasteiger partial charge on any atom is -0.316 e. The molecule has 0 spiro atoms. The molecule has 1 aromatic carbocycles. The monoisotopic (exact) mass is 231 g/mol. The highest BCUT2D eigenvalue weighted by Crippen LogP contribution is 2.34. The van der Waals surface area contributed by atoms with Crippen LogP contribution in [-0.4, -0.2) is 13.1 Å². The Kier molecular flexibility index (Phi) is 4.22. The largest absolute Gasteiger partial charge is 0.316 e. The molecule has 1 aromatic rings. The molecule has 2 rings (SSSR count). The lowest BCUT2D eigenvalue weighted by molar-refractivity contribution is 0.133. The van der Waals surface area contributed by atoms with Gasteiger partial charge in [0, 0.05) is 13.1 Å². The lowest BCUT2D eigenvalue weighted by Crippen LogP contribution is -2.53. The molecule has 1 heterocycles. The molecule has 0 unspecified atom stereocenters. The van der Waals surface area contributed by atoms with E-state index in [0.29, 0.717) is 5.41 Å². The van der Waals surface area contributed by atoms with Crippen LogP contribution in [0.1, 0.15) is 43.7 Å². The van der Waals surface area contributed by atoms with Gasteiger partial charge in [0.25, 0.3) is 0 Å². The average molecular weight is 231 g/mol. The first-order valence-corrected chi connectivity index (χ1v) is 7.01. The van der Waals surface area contributed by atoms with Crippen LogP contribution in [0.25, 0.3) is 0 Å². The highest BCUT2D eigenvalue weighted by atomic mass is 15.0. The number of aryl methyl sites for hydroxylation is 2. The zero-order valence-corrected chi connectivity index (χ0v) is 11.3. The Morgan fingerprint density at radius 3 is 2.53 bits per heavy atom. The summed E-state index contributed by atoms with van der Waals surface area (Å²) in [5.41, 5.74) is 3.62. The van der Waals surface area contributed by atoms with Gasteiger partial charge in [-0.2, -0.15) is 0 Å². The summed E-state index contributed by atoms with van der Waals surface area (Å²) in [4.78, 5) is 0. The van der Waals surface area contributed by atoms with E-state index in [1.807, 2.05) is 0 Å². The summed E-state index contributed by atoms with van der Waals surface area (Å²) in [5.74, 6) is 0. The van der Waals surface area contributed by atoms with Crippen LogP contribution in [-0.2, 0) is 6.42 Å². The first-order valence-electron chi connectivity index (χ1n) is 7.01.